The molecule has 13 heteroatoms. The molecule has 4 aromatic rings. The molecule has 0 bridgehead atoms. The van der Waals surface area contributed by atoms with E-state index in [9.17, 15) is 23.1 Å². The van der Waals surface area contributed by atoms with E-state index in [1.54, 1.807) is 71.6 Å². The van der Waals surface area contributed by atoms with Gasteiger partial charge >= 0.3 is 6.18 Å². The van der Waals surface area contributed by atoms with E-state index in [-0.39, 0.29) is 28.0 Å². The van der Waals surface area contributed by atoms with Crippen LogP contribution in [0.5, 0.6) is 5.88 Å². The summed E-state index contributed by atoms with van der Waals surface area (Å²) < 4.78 is 71.5. The Kier molecular flexibility index (Phi) is 10.4. The molecule has 9 nitrogen and oxygen atoms in total. The summed E-state index contributed by atoms with van der Waals surface area (Å²) in [4.78, 5) is 18.4. The van der Waals surface area contributed by atoms with Crippen LogP contribution < -0.4 is 10.1 Å². The fraction of sp³-hybridized carbons (Fsp3) is 0.410. The number of likely N-dealkylation sites (tertiary alicyclic amines) is 1. The van der Waals surface area contributed by atoms with Gasteiger partial charge in [0.2, 0.25) is 17.7 Å². The lowest BCUT2D eigenvalue weighted by molar-refractivity contribution is -0.125. The highest BCUT2D eigenvalue weighted by atomic mass is 19.4. The van der Waals surface area contributed by atoms with Crippen molar-refractivity contribution >= 4 is 28.0 Å². The van der Waals surface area contributed by atoms with Gasteiger partial charge < -0.3 is 24.8 Å². The van der Waals surface area contributed by atoms with Crippen LogP contribution in [0.15, 0.2) is 79.0 Å². The topological polar surface area (TPSA) is 102 Å². The molecule has 1 unspecified atom stereocenters. The van der Waals surface area contributed by atoms with Crippen LogP contribution in [0.3, 0.4) is 0 Å². The number of allylic oxidation sites excluding steroid dienone is 1. The highest BCUT2D eigenvalue weighted by molar-refractivity contribution is 6.00. The van der Waals surface area contributed by atoms with Gasteiger partial charge in [-0.25, -0.2) is 9.67 Å². The van der Waals surface area contributed by atoms with Gasteiger partial charge in [0.15, 0.2) is 6.23 Å². The summed E-state index contributed by atoms with van der Waals surface area (Å²) >= 11 is 0. The lowest BCUT2D eigenvalue weighted by Gasteiger charge is -2.23. The SMILES string of the molecule is O=C(/C=C/CNC1(COc2ccc(/C(=C(/CC(F)(F)F)c3ccccc3)c3ccc4c(c3)c(F)nn4C3CCCCO3)cn2)CC1)N1CC[C@H](O)C1. The number of hydrogen-bond acceptors (Lipinski definition) is 7. The normalized spacial score (nSPS) is 20.8. The molecule has 4 heterocycles. The Labute approximate surface area is 298 Å². The zero-order chi connectivity index (χ0) is 36.3. The van der Waals surface area contributed by atoms with Crippen molar-refractivity contribution in [3.63, 3.8) is 0 Å². The molecule has 2 N–H and O–H groups in total. The Morgan fingerprint density at radius 1 is 1.06 bits per heavy atom. The third-order valence-corrected chi connectivity index (χ3v) is 9.88. The Bertz CT molecular complexity index is 1930. The maximum Gasteiger partial charge on any atom is 0.393 e. The summed E-state index contributed by atoms with van der Waals surface area (Å²) in [6.07, 6.45) is 3.00. The highest BCUT2D eigenvalue weighted by Crippen LogP contribution is 2.41. The van der Waals surface area contributed by atoms with Crippen molar-refractivity contribution in [1.29, 1.82) is 0 Å². The van der Waals surface area contributed by atoms with E-state index in [2.05, 4.69) is 15.4 Å². The van der Waals surface area contributed by atoms with Crippen LogP contribution >= 0.6 is 0 Å². The first kappa shape index (κ1) is 35.8. The van der Waals surface area contributed by atoms with Gasteiger partial charge in [0.1, 0.15) is 6.61 Å². The first-order valence-electron chi connectivity index (χ1n) is 17.7. The molecule has 2 aromatic carbocycles. The number of aromatic nitrogens is 3. The first-order valence-corrected chi connectivity index (χ1v) is 17.7. The number of benzene rings is 2. The number of fused-ring (bicyclic) bond motifs is 1. The molecule has 52 heavy (non-hydrogen) atoms. The monoisotopic (exact) mass is 719 g/mol. The van der Waals surface area contributed by atoms with Crippen molar-refractivity contribution in [3.8, 4) is 5.88 Å². The Hall–Kier alpha value is -4.59. The van der Waals surface area contributed by atoms with Crippen molar-refractivity contribution in [2.45, 2.75) is 69.0 Å². The molecule has 1 amide bonds. The highest BCUT2D eigenvalue weighted by Gasteiger charge is 2.43. The van der Waals surface area contributed by atoms with E-state index >= 15 is 4.39 Å². The van der Waals surface area contributed by atoms with Crippen LogP contribution in [-0.4, -0.2) is 81.3 Å². The van der Waals surface area contributed by atoms with E-state index in [1.165, 1.54) is 17.0 Å². The number of hydrogen-bond donors (Lipinski definition) is 2. The number of ether oxygens (including phenoxy) is 2. The average molecular weight is 720 g/mol. The second-order valence-electron chi connectivity index (χ2n) is 13.8. The quantitative estimate of drug-likeness (QED) is 0.0941. The van der Waals surface area contributed by atoms with Gasteiger partial charge in [-0.1, -0.05) is 42.5 Å². The van der Waals surface area contributed by atoms with Gasteiger partial charge in [0.25, 0.3) is 0 Å². The number of carbonyl (C=O) groups is 1. The van der Waals surface area contributed by atoms with Gasteiger partial charge in [0, 0.05) is 50.1 Å². The number of alkyl halides is 3. The number of aliphatic hydroxyl groups excluding tert-OH is 1. The molecule has 274 valence electrons. The van der Waals surface area contributed by atoms with Crippen molar-refractivity contribution in [2.24, 2.45) is 0 Å². The average Bonchev–Trinajstić information content (AvgIpc) is 3.66. The Balaban J connectivity index is 1.14. The van der Waals surface area contributed by atoms with Crippen LogP contribution in [0, 0.1) is 5.95 Å². The lowest BCUT2D eigenvalue weighted by atomic mass is 9.88. The molecule has 3 aliphatic rings. The number of nitrogens with zero attached hydrogens (tertiary/aromatic N) is 4. The third kappa shape index (κ3) is 8.38. The summed E-state index contributed by atoms with van der Waals surface area (Å²) in [5.41, 5.74) is 1.72. The number of β-amino-alcohol motifs (C(OH)–C–C–N with tert-alkyl or cyclic N) is 1. The van der Waals surface area contributed by atoms with E-state index < -0.39 is 30.9 Å². The number of aliphatic hydroxyl groups is 1. The molecule has 2 aromatic heterocycles. The van der Waals surface area contributed by atoms with Gasteiger partial charge in [-0.2, -0.15) is 17.6 Å². The van der Waals surface area contributed by atoms with Gasteiger partial charge in [0.05, 0.1) is 29.0 Å². The molecule has 0 radical (unpaired) electrons. The number of rotatable bonds is 12. The molecule has 3 fully saturated rings. The van der Waals surface area contributed by atoms with Crippen LogP contribution in [0.2, 0.25) is 0 Å². The summed E-state index contributed by atoms with van der Waals surface area (Å²) in [7, 11) is 0. The maximum absolute atomic E-state index is 15.4. The van der Waals surface area contributed by atoms with E-state index in [0.717, 1.165) is 25.7 Å². The largest absolute Gasteiger partial charge is 0.476 e. The van der Waals surface area contributed by atoms with Crippen molar-refractivity contribution in [1.82, 2.24) is 25.0 Å². The fourth-order valence-corrected chi connectivity index (χ4v) is 6.92. The number of halogens is 4. The number of amides is 1. The molecule has 2 atom stereocenters. The van der Waals surface area contributed by atoms with Crippen molar-refractivity contribution in [2.75, 3.05) is 32.8 Å². The second-order valence-corrected chi connectivity index (χ2v) is 13.8. The van der Waals surface area contributed by atoms with Crippen molar-refractivity contribution in [3.05, 3.63) is 102 Å². The van der Waals surface area contributed by atoms with Crippen LogP contribution in [0.1, 0.15) is 67.9 Å². The Morgan fingerprint density at radius 3 is 2.54 bits per heavy atom. The van der Waals surface area contributed by atoms with Gasteiger partial charge in [-0.15, -0.1) is 5.10 Å². The lowest BCUT2D eigenvalue weighted by Crippen LogP contribution is -2.37. The van der Waals surface area contributed by atoms with Gasteiger partial charge in [-0.3, -0.25) is 4.79 Å². The van der Waals surface area contributed by atoms with E-state index in [1.807, 2.05) is 0 Å². The number of nitrogens with one attached hydrogen (secondary N) is 1. The number of pyridine rings is 1. The standard InChI is InChI=1S/C39H41F4N5O4/c40-37-30-21-27(11-13-32(30)48(46-37)35-10-4-5-20-51-35)36(31(22-39(41,42)43)26-7-2-1-3-8-26)28-12-14-33(44-23-28)52-25-38(16-17-38)45-18-6-9-34(50)47-19-15-29(49)24-47/h1-3,6-9,11-14,21,23,29,35,45,49H,4-5,10,15-20,22,24-25H2/b9-6+,36-31-/t29-,35?/m0/s1. The first-order chi connectivity index (χ1) is 25.1. The minimum absolute atomic E-state index is 0.0277. The minimum atomic E-state index is -4.53. The summed E-state index contributed by atoms with van der Waals surface area (Å²) in [6.45, 7) is 2.22. The summed E-state index contributed by atoms with van der Waals surface area (Å²) in [6, 6.07) is 16.6. The molecule has 2 aliphatic heterocycles. The molecule has 1 aliphatic carbocycles. The smallest absolute Gasteiger partial charge is 0.393 e. The minimum Gasteiger partial charge on any atom is -0.476 e. The second kappa shape index (κ2) is 15.2. The van der Waals surface area contributed by atoms with Crippen molar-refractivity contribution < 1.29 is 36.9 Å². The molecular formula is C39H41F4N5O4. The molecule has 1 saturated carbocycles. The zero-order valence-corrected chi connectivity index (χ0v) is 28.6. The predicted molar refractivity (Wildman–Crippen MR) is 188 cm³/mol. The molecular weight excluding hydrogens is 678 g/mol. The van der Waals surface area contributed by atoms with Crippen LogP contribution in [0.25, 0.3) is 22.0 Å². The number of carbonyl (C=O) groups excluding carboxylic acids is 1. The fourth-order valence-electron chi connectivity index (χ4n) is 6.92. The van der Waals surface area contributed by atoms with Crippen LogP contribution in [-0.2, 0) is 9.53 Å². The molecule has 7 rings (SSSR count). The summed E-state index contributed by atoms with van der Waals surface area (Å²) in [5, 5.41) is 17.4. The molecule has 2 saturated heterocycles. The molecule has 0 spiro atoms. The van der Waals surface area contributed by atoms with E-state index in [4.69, 9.17) is 9.47 Å². The predicted octanol–water partition coefficient (Wildman–Crippen LogP) is 6.83. The maximum atomic E-state index is 15.4. The van der Waals surface area contributed by atoms with Gasteiger partial charge in [-0.05, 0) is 79.0 Å². The van der Waals surface area contributed by atoms with Crippen LogP contribution in [0.4, 0.5) is 17.6 Å². The third-order valence-electron chi connectivity index (χ3n) is 9.88. The summed E-state index contributed by atoms with van der Waals surface area (Å²) in [5.74, 6) is -0.542. The van der Waals surface area contributed by atoms with E-state index in [0.29, 0.717) is 73.8 Å². The Morgan fingerprint density at radius 2 is 1.87 bits per heavy atom. The zero-order valence-electron chi connectivity index (χ0n) is 28.6.